The highest BCUT2D eigenvalue weighted by Gasteiger charge is 2.14. The number of rotatable bonds is 10. The van der Waals surface area contributed by atoms with Crippen LogP contribution >= 0.6 is 0 Å². The van der Waals surface area contributed by atoms with Crippen LogP contribution in [0.3, 0.4) is 0 Å². The molecule has 1 aromatic rings. The molecule has 1 N–H and O–H groups in total. The maximum Gasteiger partial charge on any atom is 0.321 e. The standard InChI is InChI=1S/C18H30N2O3/c1-5-8-12-20(7-3)18(21)19-16-14-15(22-4)10-11-17(16)23-13-9-6-2/h10-11,14H,5-9,12-13H2,1-4H3,(H,19,21). The van der Waals surface area contributed by atoms with Crippen molar-refractivity contribution in [3.63, 3.8) is 0 Å². The van der Waals surface area contributed by atoms with E-state index in [9.17, 15) is 4.79 Å². The van der Waals surface area contributed by atoms with Gasteiger partial charge in [0, 0.05) is 19.2 Å². The average Bonchev–Trinajstić information content (AvgIpc) is 2.57. The summed E-state index contributed by atoms with van der Waals surface area (Å²) in [6.45, 7) is 8.30. The predicted molar refractivity (Wildman–Crippen MR) is 94.6 cm³/mol. The number of methoxy groups -OCH3 is 1. The molecule has 1 rings (SSSR count). The molecule has 2 amide bonds. The van der Waals surface area contributed by atoms with E-state index >= 15 is 0 Å². The molecule has 0 fully saturated rings. The van der Waals surface area contributed by atoms with Gasteiger partial charge in [-0.25, -0.2) is 4.79 Å². The SMILES string of the molecule is CCCCOc1ccc(OC)cc1NC(=O)N(CC)CCCC. The fourth-order valence-electron chi connectivity index (χ4n) is 2.13. The lowest BCUT2D eigenvalue weighted by molar-refractivity contribution is 0.213. The van der Waals surface area contributed by atoms with Gasteiger partial charge in [-0.2, -0.15) is 0 Å². The normalized spacial score (nSPS) is 10.3. The Morgan fingerprint density at radius 1 is 1.17 bits per heavy atom. The van der Waals surface area contributed by atoms with Gasteiger partial charge in [0.05, 0.1) is 19.4 Å². The highest BCUT2D eigenvalue weighted by atomic mass is 16.5. The number of unbranched alkanes of at least 4 members (excludes halogenated alkanes) is 2. The topological polar surface area (TPSA) is 50.8 Å². The fourth-order valence-corrected chi connectivity index (χ4v) is 2.13. The maximum atomic E-state index is 12.4. The van der Waals surface area contributed by atoms with Gasteiger partial charge in [0.2, 0.25) is 0 Å². The molecule has 0 aliphatic carbocycles. The second-order valence-corrected chi connectivity index (χ2v) is 5.43. The van der Waals surface area contributed by atoms with E-state index in [-0.39, 0.29) is 6.03 Å². The molecule has 0 saturated carbocycles. The lowest BCUT2D eigenvalue weighted by atomic mass is 10.2. The van der Waals surface area contributed by atoms with Gasteiger partial charge in [-0.05, 0) is 31.9 Å². The molecule has 23 heavy (non-hydrogen) atoms. The highest BCUT2D eigenvalue weighted by Crippen LogP contribution is 2.29. The van der Waals surface area contributed by atoms with Crippen LogP contribution in [0, 0.1) is 0 Å². The number of urea groups is 1. The summed E-state index contributed by atoms with van der Waals surface area (Å²) in [6.07, 6.45) is 4.11. The molecule has 5 heteroatoms. The van der Waals surface area contributed by atoms with Gasteiger partial charge >= 0.3 is 6.03 Å². The number of ether oxygens (including phenoxy) is 2. The van der Waals surface area contributed by atoms with Gasteiger partial charge in [0.15, 0.2) is 0 Å². The van der Waals surface area contributed by atoms with Gasteiger partial charge in [0.1, 0.15) is 11.5 Å². The smallest absolute Gasteiger partial charge is 0.321 e. The van der Waals surface area contributed by atoms with Gasteiger partial charge in [-0.15, -0.1) is 0 Å². The number of amides is 2. The molecule has 0 unspecified atom stereocenters. The number of carbonyl (C=O) groups is 1. The highest BCUT2D eigenvalue weighted by molar-refractivity contribution is 5.91. The first-order chi connectivity index (χ1) is 11.2. The number of nitrogens with zero attached hydrogens (tertiary/aromatic N) is 1. The van der Waals surface area contributed by atoms with Crippen molar-refractivity contribution < 1.29 is 14.3 Å². The summed E-state index contributed by atoms with van der Waals surface area (Å²) >= 11 is 0. The number of nitrogens with one attached hydrogen (secondary N) is 1. The van der Waals surface area contributed by atoms with Gasteiger partial charge < -0.3 is 19.7 Å². The van der Waals surface area contributed by atoms with E-state index in [0.29, 0.717) is 30.3 Å². The molecule has 0 aliphatic rings. The van der Waals surface area contributed by atoms with Crippen LogP contribution in [0.25, 0.3) is 0 Å². The van der Waals surface area contributed by atoms with E-state index < -0.39 is 0 Å². The number of hydrogen-bond acceptors (Lipinski definition) is 3. The van der Waals surface area contributed by atoms with Crippen LogP contribution < -0.4 is 14.8 Å². The predicted octanol–water partition coefficient (Wildman–Crippen LogP) is 4.53. The monoisotopic (exact) mass is 322 g/mol. The van der Waals surface area contributed by atoms with E-state index in [2.05, 4.69) is 19.2 Å². The van der Waals surface area contributed by atoms with Crippen LogP contribution in [0.4, 0.5) is 10.5 Å². The van der Waals surface area contributed by atoms with Crippen molar-refractivity contribution in [2.75, 3.05) is 32.1 Å². The fraction of sp³-hybridized carbons (Fsp3) is 0.611. The van der Waals surface area contributed by atoms with Gasteiger partial charge in [-0.3, -0.25) is 0 Å². The summed E-state index contributed by atoms with van der Waals surface area (Å²) in [5.41, 5.74) is 0.653. The number of anilines is 1. The Morgan fingerprint density at radius 3 is 2.52 bits per heavy atom. The molecule has 0 heterocycles. The minimum Gasteiger partial charge on any atom is -0.497 e. The lowest BCUT2D eigenvalue weighted by Gasteiger charge is -2.22. The zero-order chi connectivity index (χ0) is 17.1. The first-order valence-corrected chi connectivity index (χ1v) is 8.52. The molecule has 0 saturated heterocycles. The summed E-state index contributed by atoms with van der Waals surface area (Å²) in [4.78, 5) is 14.3. The van der Waals surface area contributed by atoms with E-state index in [1.165, 1.54) is 0 Å². The van der Waals surface area contributed by atoms with Crippen LogP contribution in [0.1, 0.15) is 46.5 Å². The molecule has 130 valence electrons. The van der Waals surface area contributed by atoms with Crippen molar-refractivity contribution in [3.8, 4) is 11.5 Å². The largest absolute Gasteiger partial charge is 0.497 e. The molecular weight excluding hydrogens is 292 g/mol. The van der Waals surface area contributed by atoms with E-state index in [1.54, 1.807) is 18.1 Å². The Morgan fingerprint density at radius 2 is 1.91 bits per heavy atom. The Bertz CT molecular complexity index is 477. The molecule has 0 radical (unpaired) electrons. The number of carbonyl (C=O) groups excluding carboxylic acids is 1. The van der Waals surface area contributed by atoms with Crippen molar-refractivity contribution in [3.05, 3.63) is 18.2 Å². The zero-order valence-corrected chi connectivity index (χ0v) is 14.9. The number of benzene rings is 1. The summed E-state index contributed by atoms with van der Waals surface area (Å²) < 4.78 is 11.0. The number of hydrogen-bond donors (Lipinski definition) is 1. The van der Waals surface area contributed by atoms with Crippen molar-refractivity contribution in [2.24, 2.45) is 0 Å². The molecule has 1 aromatic carbocycles. The van der Waals surface area contributed by atoms with Crippen LogP contribution in [-0.2, 0) is 0 Å². The third kappa shape index (κ3) is 6.38. The van der Waals surface area contributed by atoms with E-state index in [1.807, 2.05) is 19.1 Å². The van der Waals surface area contributed by atoms with Crippen LogP contribution in [-0.4, -0.2) is 37.7 Å². The quantitative estimate of drug-likeness (QED) is 0.644. The second kappa shape index (κ2) is 10.8. The molecule has 0 spiro atoms. The Labute approximate surface area is 140 Å². The first-order valence-electron chi connectivity index (χ1n) is 8.52. The molecule has 0 bridgehead atoms. The summed E-state index contributed by atoms with van der Waals surface area (Å²) in [5, 5.41) is 2.95. The van der Waals surface area contributed by atoms with Crippen molar-refractivity contribution >= 4 is 11.7 Å². The van der Waals surface area contributed by atoms with E-state index in [0.717, 1.165) is 32.2 Å². The molecular formula is C18H30N2O3. The Hall–Kier alpha value is -1.91. The molecule has 0 aromatic heterocycles. The Kier molecular flexibility index (Phi) is 8.95. The Balaban J connectivity index is 2.83. The molecule has 0 atom stereocenters. The van der Waals surface area contributed by atoms with E-state index in [4.69, 9.17) is 9.47 Å². The van der Waals surface area contributed by atoms with Crippen LogP contribution in [0.2, 0.25) is 0 Å². The third-order valence-electron chi connectivity index (χ3n) is 3.63. The van der Waals surface area contributed by atoms with Crippen molar-refractivity contribution in [2.45, 2.75) is 46.5 Å². The average molecular weight is 322 g/mol. The van der Waals surface area contributed by atoms with Gasteiger partial charge in [-0.1, -0.05) is 26.7 Å². The minimum atomic E-state index is -0.102. The summed E-state index contributed by atoms with van der Waals surface area (Å²) in [6, 6.07) is 5.37. The maximum absolute atomic E-state index is 12.4. The van der Waals surface area contributed by atoms with Crippen LogP contribution in [0.5, 0.6) is 11.5 Å². The third-order valence-corrected chi connectivity index (χ3v) is 3.63. The van der Waals surface area contributed by atoms with Crippen molar-refractivity contribution in [1.29, 1.82) is 0 Å². The van der Waals surface area contributed by atoms with Crippen molar-refractivity contribution in [1.82, 2.24) is 4.90 Å². The second-order valence-electron chi connectivity index (χ2n) is 5.43. The lowest BCUT2D eigenvalue weighted by Crippen LogP contribution is -2.35. The first kappa shape index (κ1) is 19.1. The minimum absolute atomic E-state index is 0.102. The van der Waals surface area contributed by atoms with Gasteiger partial charge in [0.25, 0.3) is 0 Å². The summed E-state index contributed by atoms with van der Waals surface area (Å²) in [5.74, 6) is 1.37. The van der Waals surface area contributed by atoms with Crippen LogP contribution in [0.15, 0.2) is 18.2 Å². The molecule has 0 aliphatic heterocycles. The zero-order valence-electron chi connectivity index (χ0n) is 14.9. The summed E-state index contributed by atoms with van der Waals surface area (Å²) in [7, 11) is 1.61. The molecule has 5 nitrogen and oxygen atoms in total.